The normalized spacial score (nSPS) is 15.4. The van der Waals surface area contributed by atoms with Crippen molar-refractivity contribution < 1.29 is 26.4 Å². The molecule has 156 valence electrons. The van der Waals surface area contributed by atoms with Crippen LogP contribution in [0.25, 0.3) is 0 Å². The minimum absolute atomic E-state index is 0.0785. The number of amides is 1. The van der Waals surface area contributed by atoms with Crippen molar-refractivity contribution in [1.82, 2.24) is 9.62 Å². The first-order valence-electron chi connectivity index (χ1n) is 9.22. The zero-order valence-corrected chi connectivity index (χ0v) is 16.4. The predicted octanol–water partition coefficient (Wildman–Crippen LogP) is 3.46. The number of nitrogens with one attached hydrogen (secondary N) is 1. The summed E-state index contributed by atoms with van der Waals surface area (Å²) in [6, 6.07) is 10.6. The van der Waals surface area contributed by atoms with Gasteiger partial charge < -0.3 is 5.32 Å². The lowest BCUT2D eigenvalue weighted by Gasteiger charge is -2.16. The molecule has 1 heterocycles. The molecule has 2 aromatic rings. The molecule has 1 aliphatic heterocycles. The summed E-state index contributed by atoms with van der Waals surface area (Å²) >= 11 is 0. The van der Waals surface area contributed by atoms with Gasteiger partial charge in [-0.1, -0.05) is 18.2 Å². The fraction of sp³-hybridized carbons (Fsp3) is 0.350. The second-order valence-corrected chi connectivity index (χ2v) is 8.78. The number of benzene rings is 2. The number of hydrogen-bond donors (Lipinski definition) is 1. The van der Waals surface area contributed by atoms with Crippen molar-refractivity contribution in [3.63, 3.8) is 0 Å². The van der Waals surface area contributed by atoms with Crippen LogP contribution in [0.2, 0.25) is 0 Å². The topological polar surface area (TPSA) is 66.5 Å². The molecular weight excluding hydrogens is 405 g/mol. The smallest absolute Gasteiger partial charge is 0.352 e. The van der Waals surface area contributed by atoms with E-state index in [9.17, 15) is 26.4 Å². The average molecular weight is 426 g/mol. The summed E-state index contributed by atoms with van der Waals surface area (Å²) in [6.45, 7) is 1.17. The Morgan fingerprint density at radius 2 is 1.69 bits per heavy atom. The molecule has 0 bridgehead atoms. The monoisotopic (exact) mass is 426 g/mol. The van der Waals surface area contributed by atoms with Crippen LogP contribution in [-0.2, 0) is 22.6 Å². The lowest BCUT2D eigenvalue weighted by molar-refractivity contribution is -0.137. The Bertz CT molecular complexity index is 967. The van der Waals surface area contributed by atoms with Crippen LogP contribution < -0.4 is 5.32 Å². The van der Waals surface area contributed by atoms with Gasteiger partial charge in [-0.15, -0.1) is 0 Å². The fourth-order valence-corrected chi connectivity index (χ4v) is 4.72. The first-order valence-corrected chi connectivity index (χ1v) is 10.7. The van der Waals surface area contributed by atoms with E-state index in [0.29, 0.717) is 25.1 Å². The van der Waals surface area contributed by atoms with Gasteiger partial charge in [0, 0.05) is 25.2 Å². The molecule has 1 amide bonds. The van der Waals surface area contributed by atoms with E-state index in [1.807, 2.05) is 0 Å². The summed E-state index contributed by atoms with van der Waals surface area (Å²) < 4.78 is 64.4. The van der Waals surface area contributed by atoms with E-state index < -0.39 is 27.7 Å². The van der Waals surface area contributed by atoms with E-state index in [-0.39, 0.29) is 17.0 Å². The molecule has 0 atom stereocenters. The Morgan fingerprint density at radius 3 is 2.31 bits per heavy atom. The first-order chi connectivity index (χ1) is 13.7. The standard InChI is InChI=1S/C20H21F3N2O3S/c21-20(22,23)17-8-6-15(7-9-17)10-11-24-19(26)16-4-3-5-18(14-16)29(27,28)25-12-1-2-13-25/h3-9,14H,1-2,10-13H2,(H,24,26). The van der Waals surface area contributed by atoms with Crippen LogP contribution in [0.4, 0.5) is 13.2 Å². The maximum absolute atomic E-state index is 12.6. The third-order valence-electron chi connectivity index (χ3n) is 4.78. The molecule has 0 radical (unpaired) electrons. The minimum atomic E-state index is -4.38. The van der Waals surface area contributed by atoms with Gasteiger partial charge in [-0.05, 0) is 55.2 Å². The number of halogens is 3. The molecule has 3 rings (SSSR count). The number of sulfonamides is 1. The van der Waals surface area contributed by atoms with Gasteiger partial charge in [0.15, 0.2) is 0 Å². The lowest BCUT2D eigenvalue weighted by Crippen LogP contribution is -2.29. The Balaban J connectivity index is 1.60. The van der Waals surface area contributed by atoms with E-state index in [0.717, 1.165) is 25.0 Å². The number of rotatable bonds is 6. The molecule has 1 N–H and O–H groups in total. The SMILES string of the molecule is O=C(NCCc1ccc(C(F)(F)F)cc1)c1cccc(S(=O)(=O)N2CCCC2)c1. The quantitative estimate of drug-likeness (QED) is 0.769. The number of nitrogens with zero attached hydrogens (tertiary/aromatic N) is 1. The third-order valence-corrected chi connectivity index (χ3v) is 6.67. The van der Waals surface area contributed by atoms with Crippen molar-refractivity contribution in [2.75, 3.05) is 19.6 Å². The van der Waals surface area contributed by atoms with Gasteiger partial charge in [-0.2, -0.15) is 17.5 Å². The minimum Gasteiger partial charge on any atom is -0.352 e. The maximum Gasteiger partial charge on any atom is 0.416 e. The summed E-state index contributed by atoms with van der Waals surface area (Å²) in [7, 11) is -3.61. The highest BCUT2D eigenvalue weighted by Gasteiger charge is 2.30. The van der Waals surface area contributed by atoms with Crippen LogP contribution in [-0.4, -0.2) is 38.3 Å². The van der Waals surface area contributed by atoms with Gasteiger partial charge in [0.05, 0.1) is 10.5 Å². The molecule has 1 saturated heterocycles. The maximum atomic E-state index is 12.6. The van der Waals surface area contributed by atoms with Crippen LogP contribution in [0.1, 0.15) is 34.3 Å². The van der Waals surface area contributed by atoms with Crippen LogP contribution in [0.5, 0.6) is 0 Å². The molecular formula is C20H21F3N2O3S. The number of carbonyl (C=O) groups excluding carboxylic acids is 1. The van der Waals surface area contributed by atoms with Crippen molar-refractivity contribution in [2.24, 2.45) is 0 Å². The van der Waals surface area contributed by atoms with Crippen LogP contribution in [0.15, 0.2) is 53.4 Å². The number of carbonyl (C=O) groups is 1. The molecule has 0 aromatic heterocycles. The van der Waals surface area contributed by atoms with Crippen molar-refractivity contribution in [3.8, 4) is 0 Å². The van der Waals surface area contributed by atoms with E-state index in [1.165, 1.54) is 40.7 Å². The van der Waals surface area contributed by atoms with E-state index in [1.54, 1.807) is 0 Å². The zero-order valence-electron chi connectivity index (χ0n) is 15.6. The van der Waals surface area contributed by atoms with Crippen LogP contribution >= 0.6 is 0 Å². The van der Waals surface area contributed by atoms with Crippen LogP contribution in [0, 0.1) is 0 Å². The molecule has 5 nitrogen and oxygen atoms in total. The molecule has 0 spiro atoms. The summed E-state index contributed by atoms with van der Waals surface area (Å²) in [5, 5.41) is 2.67. The first kappa shape index (κ1) is 21.3. The molecule has 0 saturated carbocycles. The molecule has 0 unspecified atom stereocenters. The van der Waals surface area contributed by atoms with Gasteiger partial charge in [0.2, 0.25) is 10.0 Å². The van der Waals surface area contributed by atoms with Gasteiger partial charge in [0.25, 0.3) is 5.91 Å². The predicted molar refractivity (Wildman–Crippen MR) is 102 cm³/mol. The molecule has 9 heteroatoms. The summed E-state index contributed by atoms with van der Waals surface area (Å²) in [6.07, 6.45) is -2.38. The van der Waals surface area contributed by atoms with Crippen molar-refractivity contribution in [2.45, 2.75) is 30.3 Å². The number of hydrogen-bond acceptors (Lipinski definition) is 3. The highest BCUT2D eigenvalue weighted by molar-refractivity contribution is 7.89. The Labute approximate surface area is 167 Å². The Kier molecular flexibility index (Phi) is 6.28. The van der Waals surface area contributed by atoms with Gasteiger partial charge in [0.1, 0.15) is 0 Å². The van der Waals surface area contributed by atoms with Crippen LogP contribution in [0.3, 0.4) is 0 Å². The third kappa shape index (κ3) is 5.16. The summed E-state index contributed by atoms with van der Waals surface area (Å²) in [4.78, 5) is 12.4. The summed E-state index contributed by atoms with van der Waals surface area (Å²) in [5.74, 6) is -0.435. The molecule has 29 heavy (non-hydrogen) atoms. The zero-order chi connectivity index (χ0) is 21.1. The fourth-order valence-electron chi connectivity index (χ4n) is 3.16. The second kappa shape index (κ2) is 8.54. The molecule has 0 aliphatic carbocycles. The molecule has 1 fully saturated rings. The second-order valence-electron chi connectivity index (χ2n) is 6.84. The van der Waals surface area contributed by atoms with E-state index in [4.69, 9.17) is 0 Å². The average Bonchev–Trinajstić information content (AvgIpc) is 3.23. The Morgan fingerprint density at radius 1 is 1.03 bits per heavy atom. The summed E-state index contributed by atoms with van der Waals surface area (Å²) in [5.41, 5.74) is 0.155. The Hall–Kier alpha value is -2.39. The highest BCUT2D eigenvalue weighted by Crippen LogP contribution is 2.29. The van der Waals surface area contributed by atoms with E-state index >= 15 is 0 Å². The molecule has 2 aromatic carbocycles. The van der Waals surface area contributed by atoms with Crippen molar-refractivity contribution in [3.05, 3.63) is 65.2 Å². The van der Waals surface area contributed by atoms with Gasteiger partial charge in [-0.25, -0.2) is 8.42 Å². The van der Waals surface area contributed by atoms with Crippen molar-refractivity contribution in [1.29, 1.82) is 0 Å². The number of alkyl halides is 3. The van der Waals surface area contributed by atoms with Crippen molar-refractivity contribution >= 4 is 15.9 Å². The van der Waals surface area contributed by atoms with Gasteiger partial charge in [-0.3, -0.25) is 4.79 Å². The molecule has 1 aliphatic rings. The van der Waals surface area contributed by atoms with E-state index in [2.05, 4.69) is 5.32 Å². The largest absolute Gasteiger partial charge is 0.416 e. The van der Waals surface area contributed by atoms with Gasteiger partial charge >= 0.3 is 6.18 Å². The lowest BCUT2D eigenvalue weighted by atomic mass is 10.1. The highest BCUT2D eigenvalue weighted by atomic mass is 32.2.